The van der Waals surface area contributed by atoms with Gasteiger partial charge in [0.2, 0.25) is 11.8 Å². The number of amides is 1. The van der Waals surface area contributed by atoms with Gasteiger partial charge in [-0.05, 0) is 20.3 Å². The fourth-order valence-electron chi connectivity index (χ4n) is 2.68. The predicted octanol–water partition coefficient (Wildman–Crippen LogP) is 0.844. The van der Waals surface area contributed by atoms with Gasteiger partial charge in [0.25, 0.3) is 5.56 Å². The van der Waals surface area contributed by atoms with Crippen LogP contribution in [0.25, 0.3) is 0 Å². The first kappa shape index (κ1) is 16.7. The van der Waals surface area contributed by atoms with Crippen LogP contribution in [-0.4, -0.2) is 31.4 Å². The Labute approximate surface area is 143 Å². The second-order valence-electron chi connectivity index (χ2n) is 5.69. The van der Waals surface area contributed by atoms with Crippen molar-refractivity contribution in [2.75, 3.05) is 5.75 Å². The van der Waals surface area contributed by atoms with E-state index in [0.717, 1.165) is 5.69 Å². The number of fused-ring (bicyclic) bond motifs is 1. The number of hydrogen-bond acceptors (Lipinski definition) is 7. The third kappa shape index (κ3) is 3.21. The van der Waals surface area contributed by atoms with Crippen LogP contribution in [0, 0.1) is 19.8 Å². The molecule has 24 heavy (non-hydrogen) atoms. The minimum Gasteiger partial charge on any atom is -0.347 e. The lowest BCUT2D eigenvalue weighted by molar-refractivity contribution is -0.125. The summed E-state index contributed by atoms with van der Waals surface area (Å²) in [6.07, 6.45) is 0.635. The van der Waals surface area contributed by atoms with Crippen LogP contribution < -0.4 is 10.9 Å². The topological polar surface area (TPSA) is 103 Å². The van der Waals surface area contributed by atoms with Gasteiger partial charge in [-0.1, -0.05) is 23.8 Å². The molecule has 0 radical (unpaired) electrons. The molecular weight excluding hydrogens is 330 g/mol. The van der Waals surface area contributed by atoms with Gasteiger partial charge < -0.3 is 9.84 Å². The molecule has 0 aromatic carbocycles. The summed E-state index contributed by atoms with van der Waals surface area (Å²) in [5, 5.41) is 7.15. The zero-order valence-corrected chi connectivity index (χ0v) is 14.6. The summed E-state index contributed by atoms with van der Waals surface area (Å²) in [7, 11) is 0. The van der Waals surface area contributed by atoms with E-state index in [9.17, 15) is 9.59 Å². The number of aromatic nitrogens is 4. The number of nitrogens with zero attached hydrogens (tertiary/aromatic N) is 4. The molecule has 0 fully saturated rings. The van der Waals surface area contributed by atoms with E-state index in [1.165, 1.54) is 11.8 Å². The maximum absolute atomic E-state index is 12.6. The van der Waals surface area contributed by atoms with Gasteiger partial charge in [0.05, 0.1) is 12.5 Å². The van der Waals surface area contributed by atoms with Gasteiger partial charge in [0, 0.05) is 23.6 Å². The SMILES string of the molecule is CCc1c(C)nc2n(c1=O)C[C@@H](C(=O)NCc1nc(C)no1)CS2. The van der Waals surface area contributed by atoms with Crippen molar-refractivity contribution < 1.29 is 9.32 Å². The Morgan fingerprint density at radius 1 is 1.42 bits per heavy atom. The summed E-state index contributed by atoms with van der Waals surface area (Å²) in [6, 6.07) is 0. The fraction of sp³-hybridized carbons (Fsp3) is 0.533. The molecular formula is C15H19N5O3S. The molecule has 1 N–H and O–H groups in total. The van der Waals surface area contributed by atoms with Crippen molar-refractivity contribution in [3.05, 3.63) is 33.3 Å². The maximum atomic E-state index is 12.6. The molecule has 0 spiro atoms. The molecule has 0 bridgehead atoms. The smallest absolute Gasteiger partial charge is 0.257 e. The number of aryl methyl sites for hydroxylation is 2. The number of rotatable bonds is 4. The molecule has 128 valence electrons. The molecule has 8 nitrogen and oxygen atoms in total. The highest BCUT2D eigenvalue weighted by Gasteiger charge is 2.28. The molecule has 2 aromatic rings. The van der Waals surface area contributed by atoms with Crippen molar-refractivity contribution in [2.45, 2.75) is 45.4 Å². The minimum absolute atomic E-state index is 0.0440. The van der Waals surface area contributed by atoms with E-state index in [-0.39, 0.29) is 23.9 Å². The normalized spacial score (nSPS) is 16.7. The quantitative estimate of drug-likeness (QED) is 0.816. The molecule has 0 aliphatic carbocycles. The lowest BCUT2D eigenvalue weighted by atomic mass is 10.1. The lowest BCUT2D eigenvalue weighted by Crippen LogP contribution is -2.40. The Balaban J connectivity index is 1.72. The highest BCUT2D eigenvalue weighted by molar-refractivity contribution is 7.99. The standard InChI is InChI=1S/C15H19N5O3S/c1-4-11-8(2)17-15-20(14(11)22)6-10(7-24-15)13(21)16-5-12-18-9(3)19-23-12/h10H,4-7H2,1-3H3,(H,16,21)/t10-/m1/s1. The summed E-state index contributed by atoms with van der Waals surface area (Å²) in [5.41, 5.74) is 1.44. The molecule has 1 aliphatic heterocycles. The molecule has 0 saturated heterocycles. The third-order valence-electron chi connectivity index (χ3n) is 3.96. The summed E-state index contributed by atoms with van der Waals surface area (Å²) in [5.74, 6) is 1.06. The molecule has 3 rings (SSSR count). The second kappa shape index (κ2) is 6.76. The number of hydrogen-bond donors (Lipinski definition) is 1. The average molecular weight is 349 g/mol. The highest BCUT2D eigenvalue weighted by Crippen LogP contribution is 2.26. The third-order valence-corrected chi connectivity index (χ3v) is 5.10. The Bertz CT molecular complexity index is 829. The van der Waals surface area contributed by atoms with Crippen LogP contribution >= 0.6 is 11.8 Å². The van der Waals surface area contributed by atoms with E-state index in [1.807, 2.05) is 13.8 Å². The average Bonchev–Trinajstić information content (AvgIpc) is 2.98. The van der Waals surface area contributed by atoms with Crippen molar-refractivity contribution in [3.63, 3.8) is 0 Å². The van der Waals surface area contributed by atoms with Crippen LogP contribution in [0.1, 0.15) is 29.9 Å². The van der Waals surface area contributed by atoms with E-state index >= 15 is 0 Å². The number of carbonyl (C=O) groups is 1. The predicted molar refractivity (Wildman–Crippen MR) is 87.7 cm³/mol. The largest absolute Gasteiger partial charge is 0.347 e. The first-order chi connectivity index (χ1) is 11.5. The van der Waals surface area contributed by atoms with Gasteiger partial charge in [-0.25, -0.2) is 4.98 Å². The summed E-state index contributed by atoms with van der Waals surface area (Å²) in [6.45, 7) is 6.04. The molecule has 3 heterocycles. The monoisotopic (exact) mass is 349 g/mol. The van der Waals surface area contributed by atoms with E-state index in [4.69, 9.17) is 4.52 Å². The minimum atomic E-state index is -0.293. The van der Waals surface area contributed by atoms with Crippen LogP contribution in [0.4, 0.5) is 0 Å². The zero-order valence-electron chi connectivity index (χ0n) is 13.8. The van der Waals surface area contributed by atoms with Crippen molar-refractivity contribution in [2.24, 2.45) is 5.92 Å². The van der Waals surface area contributed by atoms with Crippen LogP contribution in [0.5, 0.6) is 0 Å². The van der Waals surface area contributed by atoms with Gasteiger partial charge in [-0.2, -0.15) is 4.98 Å². The van der Waals surface area contributed by atoms with E-state index in [2.05, 4.69) is 20.4 Å². The van der Waals surface area contributed by atoms with Crippen LogP contribution in [-0.2, 0) is 24.3 Å². The molecule has 1 atom stereocenters. The summed E-state index contributed by atoms with van der Waals surface area (Å²) in [4.78, 5) is 33.5. The summed E-state index contributed by atoms with van der Waals surface area (Å²) >= 11 is 1.44. The number of nitrogens with one attached hydrogen (secondary N) is 1. The first-order valence-corrected chi connectivity index (χ1v) is 8.78. The lowest BCUT2D eigenvalue weighted by Gasteiger charge is -2.25. The molecule has 0 saturated carbocycles. The van der Waals surface area contributed by atoms with Crippen molar-refractivity contribution in [1.82, 2.24) is 25.0 Å². The summed E-state index contributed by atoms with van der Waals surface area (Å²) < 4.78 is 6.59. The van der Waals surface area contributed by atoms with E-state index in [0.29, 0.717) is 41.2 Å². The van der Waals surface area contributed by atoms with Gasteiger partial charge in [0.1, 0.15) is 0 Å². The Kier molecular flexibility index (Phi) is 4.70. The molecule has 1 amide bonds. The second-order valence-corrected chi connectivity index (χ2v) is 6.68. The first-order valence-electron chi connectivity index (χ1n) is 7.79. The van der Waals surface area contributed by atoms with Crippen molar-refractivity contribution in [3.8, 4) is 0 Å². The van der Waals surface area contributed by atoms with Crippen molar-refractivity contribution in [1.29, 1.82) is 0 Å². The number of thioether (sulfide) groups is 1. The fourth-order valence-corrected chi connectivity index (χ4v) is 3.80. The molecule has 9 heteroatoms. The van der Waals surface area contributed by atoms with Gasteiger partial charge in [-0.15, -0.1) is 0 Å². The van der Waals surface area contributed by atoms with Gasteiger partial charge >= 0.3 is 0 Å². The van der Waals surface area contributed by atoms with Crippen molar-refractivity contribution >= 4 is 17.7 Å². The van der Waals surface area contributed by atoms with Crippen LogP contribution in [0.2, 0.25) is 0 Å². The molecule has 0 unspecified atom stereocenters. The van der Waals surface area contributed by atoms with E-state index in [1.54, 1.807) is 11.5 Å². The maximum Gasteiger partial charge on any atom is 0.257 e. The van der Waals surface area contributed by atoms with Crippen LogP contribution in [0.3, 0.4) is 0 Å². The Hall–Kier alpha value is -2.16. The van der Waals surface area contributed by atoms with Gasteiger partial charge in [-0.3, -0.25) is 14.2 Å². The van der Waals surface area contributed by atoms with E-state index < -0.39 is 0 Å². The van der Waals surface area contributed by atoms with Gasteiger partial charge in [0.15, 0.2) is 11.0 Å². The zero-order chi connectivity index (χ0) is 17.3. The molecule has 1 aliphatic rings. The Morgan fingerprint density at radius 3 is 2.88 bits per heavy atom. The van der Waals surface area contributed by atoms with Crippen LogP contribution in [0.15, 0.2) is 14.5 Å². The Morgan fingerprint density at radius 2 is 2.21 bits per heavy atom. The number of carbonyl (C=O) groups excluding carboxylic acids is 1. The highest BCUT2D eigenvalue weighted by atomic mass is 32.2. The molecule has 2 aromatic heterocycles.